The highest BCUT2D eigenvalue weighted by Gasteiger charge is 2.23. The Morgan fingerprint density at radius 2 is 2.00 bits per heavy atom. The molecule has 1 aromatic rings. The van der Waals surface area contributed by atoms with Crippen molar-refractivity contribution in [2.45, 2.75) is 19.3 Å². The molecule has 0 saturated carbocycles. The number of halogens is 1. The number of para-hydroxylation sites is 1. The third kappa shape index (κ3) is 3.11. The van der Waals surface area contributed by atoms with Crippen LogP contribution in [0.3, 0.4) is 0 Å². The average molecular weight is 228 g/mol. The summed E-state index contributed by atoms with van der Waals surface area (Å²) >= 11 is 5.63. The van der Waals surface area contributed by atoms with Crippen molar-refractivity contribution in [1.82, 2.24) is 5.32 Å². The second-order valence-electron chi connectivity index (χ2n) is 4.14. The molecule has 0 radical (unpaired) electrons. The molecule has 0 aliphatic carbocycles. The molecule has 0 saturated heterocycles. The van der Waals surface area contributed by atoms with Crippen LogP contribution in [0, 0.1) is 0 Å². The van der Waals surface area contributed by atoms with Crippen molar-refractivity contribution in [3.05, 3.63) is 29.8 Å². The zero-order valence-electron chi connectivity index (χ0n) is 9.51. The molecule has 84 valence electrons. The van der Waals surface area contributed by atoms with Crippen LogP contribution in [0.5, 0.6) is 5.75 Å². The largest absolute Gasteiger partial charge is 0.496 e. The van der Waals surface area contributed by atoms with E-state index in [1.54, 1.807) is 7.11 Å². The molecule has 0 spiro atoms. The van der Waals surface area contributed by atoms with Gasteiger partial charge in [0.05, 0.1) is 13.1 Å². The highest BCUT2D eigenvalue weighted by molar-refractivity contribution is 6.17. The van der Waals surface area contributed by atoms with Gasteiger partial charge < -0.3 is 10.1 Å². The molecule has 0 atom stereocenters. The summed E-state index contributed by atoms with van der Waals surface area (Å²) in [6.45, 7) is 5.17. The van der Waals surface area contributed by atoms with Crippen LogP contribution >= 0.6 is 11.6 Å². The minimum absolute atomic E-state index is 0.0154. The lowest BCUT2D eigenvalue weighted by Gasteiger charge is -2.27. The van der Waals surface area contributed by atoms with Gasteiger partial charge in [-0.2, -0.15) is 0 Å². The first-order valence-corrected chi connectivity index (χ1v) is 5.55. The number of rotatable bonds is 5. The van der Waals surface area contributed by atoms with Crippen LogP contribution in [0.1, 0.15) is 19.4 Å². The summed E-state index contributed by atoms with van der Waals surface area (Å²) in [4.78, 5) is 0. The Morgan fingerprint density at radius 3 is 2.60 bits per heavy atom. The average Bonchev–Trinajstić information content (AvgIpc) is 2.26. The van der Waals surface area contributed by atoms with Crippen LogP contribution in [0.15, 0.2) is 24.3 Å². The fourth-order valence-corrected chi connectivity index (χ4v) is 1.75. The molecule has 0 amide bonds. The van der Waals surface area contributed by atoms with Gasteiger partial charge >= 0.3 is 0 Å². The van der Waals surface area contributed by atoms with Crippen molar-refractivity contribution in [2.24, 2.45) is 0 Å². The molecular formula is C12H18ClNO. The van der Waals surface area contributed by atoms with Gasteiger partial charge in [0.1, 0.15) is 5.75 Å². The van der Waals surface area contributed by atoms with Crippen molar-refractivity contribution >= 4 is 11.6 Å². The van der Waals surface area contributed by atoms with Gasteiger partial charge in [-0.25, -0.2) is 0 Å². The lowest BCUT2D eigenvalue weighted by atomic mass is 9.84. The second kappa shape index (κ2) is 5.38. The van der Waals surface area contributed by atoms with Crippen LogP contribution in [-0.2, 0) is 5.41 Å². The summed E-state index contributed by atoms with van der Waals surface area (Å²) in [5, 5.41) is 3.15. The Kier molecular flexibility index (Phi) is 4.43. The van der Waals surface area contributed by atoms with Crippen LogP contribution in [0.25, 0.3) is 0 Å². The van der Waals surface area contributed by atoms with Gasteiger partial charge in [0.2, 0.25) is 0 Å². The Balaban J connectivity index is 2.92. The Labute approximate surface area is 96.6 Å². The molecule has 1 rings (SSSR count). The lowest BCUT2D eigenvalue weighted by molar-refractivity contribution is 0.388. The van der Waals surface area contributed by atoms with Crippen LogP contribution in [0.2, 0.25) is 0 Å². The lowest BCUT2D eigenvalue weighted by Crippen LogP contribution is -2.32. The molecule has 0 aliphatic rings. The molecule has 0 bridgehead atoms. The third-order valence-corrected chi connectivity index (χ3v) is 2.69. The Bertz CT molecular complexity index is 312. The quantitative estimate of drug-likeness (QED) is 0.617. The van der Waals surface area contributed by atoms with Gasteiger partial charge in [0.25, 0.3) is 0 Å². The predicted octanol–water partition coefficient (Wildman–Crippen LogP) is 2.76. The van der Waals surface area contributed by atoms with E-state index in [1.165, 1.54) is 5.56 Å². The molecule has 1 N–H and O–H groups in total. The fraction of sp³-hybridized carbons (Fsp3) is 0.500. The van der Waals surface area contributed by atoms with E-state index < -0.39 is 0 Å². The number of benzene rings is 1. The summed E-state index contributed by atoms with van der Waals surface area (Å²) in [5.74, 6) is 0.930. The second-order valence-corrected chi connectivity index (χ2v) is 4.41. The van der Waals surface area contributed by atoms with Gasteiger partial charge in [0, 0.05) is 17.5 Å². The molecule has 0 aliphatic heterocycles. The zero-order valence-corrected chi connectivity index (χ0v) is 10.3. The predicted molar refractivity (Wildman–Crippen MR) is 64.7 cm³/mol. The molecule has 0 aromatic heterocycles. The number of alkyl halides is 1. The van der Waals surface area contributed by atoms with E-state index in [-0.39, 0.29) is 5.41 Å². The van der Waals surface area contributed by atoms with Crippen molar-refractivity contribution in [3.63, 3.8) is 0 Å². The van der Waals surface area contributed by atoms with Gasteiger partial charge in [-0.15, -0.1) is 11.6 Å². The number of hydrogen-bond acceptors (Lipinski definition) is 2. The molecule has 3 heteroatoms. The summed E-state index contributed by atoms with van der Waals surface area (Å²) in [7, 11) is 1.70. The van der Waals surface area contributed by atoms with E-state index in [4.69, 9.17) is 16.3 Å². The highest BCUT2D eigenvalue weighted by Crippen LogP contribution is 2.30. The van der Waals surface area contributed by atoms with Crippen LogP contribution in [0.4, 0.5) is 0 Å². The normalized spacial score (nSPS) is 11.5. The van der Waals surface area contributed by atoms with Gasteiger partial charge in [-0.05, 0) is 6.07 Å². The Hall–Kier alpha value is -0.730. The SMILES string of the molecule is COc1ccccc1C(C)(C)CNCCl. The van der Waals surface area contributed by atoms with E-state index in [2.05, 4.69) is 25.2 Å². The summed E-state index contributed by atoms with van der Waals surface area (Å²) < 4.78 is 5.35. The number of hydrogen-bond donors (Lipinski definition) is 1. The van der Waals surface area contributed by atoms with E-state index in [1.807, 2.05) is 18.2 Å². The molecule has 0 unspecified atom stereocenters. The smallest absolute Gasteiger partial charge is 0.122 e. The summed E-state index contributed by atoms with van der Waals surface area (Å²) in [6, 6.07) is 8.55. The van der Waals surface area contributed by atoms with E-state index in [0.29, 0.717) is 6.00 Å². The maximum absolute atomic E-state index is 5.63. The topological polar surface area (TPSA) is 21.3 Å². The van der Waals surface area contributed by atoms with Crippen molar-refractivity contribution in [1.29, 1.82) is 0 Å². The Morgan fingerprint density at radius 1 is 1.33 bits per heavy atom. The van der Waals surface area contributed by atoms with Crippen LogP contribution < -0.4 is 10.1 Å². The first kappa shape index (κ1) is 12.3. The molecule has 0 fully saturated rings. The maximum atomic E-state index is 5.63. The summed E-state index contributed by atoms with van der Waals surface area (Å²) in [5.41, 5.74) is 1.21. The fourth-order valence-electron chi connectivity index (χ4n) is 1.66. The van der Waals surface area contributed by atoms with E-state index >= 15 is 0 Å². The van der Waals surface area contributed by atoms with Crippen LogP contribution in [-0.4, -0.2) is 19.7 Å². The van der Waals surface area contributed by atoms with Gasteiger partial charge in [-0.3, -0.25) is 0 Å². The third-order valence-electron chi connectivity index (χ3n) is 2.50. The zero-order chi connectivity index (χ0) is 11.3. The number of nitrogens with one attached hydrogen (secondary N) is 1. The molecule has 1 aromatic carbocycles. The van der Waals surface area contributed by atoms with Gasteiger partial charge in [-0.1, -0.05) is 32.0 Å². The monoisotopic (exact) mass is 227 g/mol. The van der Waals surface area contributed by atoms with E-state index in [0.717, 1.165) is 12.3 Å². The van der Waals surface area contributed by atoms with Crippen molar-refractivity contribution in [3.8, 4) is 5.75 Å². The van der Waals surface area contributed by atoms with Crippen molar-refractivity contribution < 1.29 is 4.74 Å². The number of ether oxygens (including phenoxy) is 1. The highest BCUT2D eigenvalue weighted by atomic mass is 35.5. The number of methoxy groups -OCH3 is 1. The van der Waals surface area contributed by atoms with E-state index in [9.17, 15) is 0 Å². The minimum Gasteiger partial charge on any atom is -0.496 e. The molecule has 15 heavy (non-hydrogen) atoms. The minimum atomic E-state index is 0.0154. The van der Waals surface area contributed by atoms with Gasteiger partial charge in [0.15, 0.2) is 0 Å². The first-order chi connectivity index (χ1) is 7.11. The molecule has 0 heterocycles. The van der Waals surface area contributed by atoms with Crippen molar-refractivity contribution in [2.75, 3.05) is 19.7 Å². The molecular weight excluding hydrogens is 210 g/mol. The standard InChI is InChI=1S/C12H18ClNO/c1-12(2,8-14-9-13)10-6-4-5-7-11(10)15-3/h4-7,14H,8-9H2,1-3H3. The maximum Gasteiger partial charge on any atom is 0.122 e. The molecule has 2 nitrogen and oxygen atoms in total. The first-order valence-electron chi connectivity index (χ1n) is 5.02. The summed E-state index contributed by atoms with van der Waals surface area (Å²) in [6.07, 6.45) is 0.